The molecule has 0 spiro atoms. The SMILES string of the molecule is COc1cc(NC(C)CCCN)c2nc(OCc3ccc(F)cc3)ccc2c1.O=C(O)/C=C\C(=O)O. The molecular formula is C26H30FN3O6. The lowest BCUT2D eigenvalue weighted by atomic mass is 10.1. The Bertz CT molecular complexity index is 1170. The Balaban J connectivity index is 0.000000493. The molecule has 0 saturated heterocycles. The maximum absolute atomic E-state index is 13.0. The molecule has 5 N–H and O–H groups in total. The van der Waals surface area contributed by atoms with Gasteiger partial charge in [0.15, 0.2) is 0 Å². The van der Waals surface area contributed by atoms with E-state index in [0.717, 1.165) is 40.7 Å². The van der Waals surface area contributed by atoms with Crippen molar-refractivity contribution >= 4 is 28.5 Å². The number of anilines is 1. The van der Waals surface area contributed by atoms with E-state index in [2.05, 4.69) is 17.2 Å². The van der Waals surface area contributed by atoms with Crippen LogP contribution in [-0.2, 0) is 16.2 Å². The van der Waals surface area contributed by atoms with Crippen LogP contribution >= 0.6 is 0 Å². The molecule has 0 aliphatic rings. The Hall–Kier alpha value is -4.18. The highest BCUT2D eigenvalue weighted by Gasteiger charge is 2.11. The number of aliphatic carboxylic acids is 2. The van der Waals surface area contributed by atoms with Crippen molar-refractivity contribution in [3.8, 4) is 11.6 Å². The Morgan fingerprint density at radius 2 is 1.78 bits per heavy atom. The van der Waals surface area contributed by atoms with Gasteiger partial charge in [0.25, 0.3) is 0 Å². The molecule has 0 bridgehead atoms. The van der Waals surface area contributed by atoms with E-state index < -0.39 is 11.9 Å². The van der Waals surface area contributed by atoms with Gasteiger partial charge in [0.2, 0.25) is 5.88 Å². The van der Waals surface area contributed by atoms with E-state index in [4.69, 9.17) is 25.4 Å². The average molecular weight is 500 g/mol. The van der Waals surface area contributed by atoms with E-state index in [9.17, 15) is 14.0 Å². The number of nitrogens with one attached hydrogen (secondary N) is 1. The van der Waals surface area contributed by atoms with Crippen LogP contribution in [0.25, 0.3) is 10.9 Å². The first-order valence-corrected chi connectivity index (χ1v) is 11.2. The molecule has 0 fully saturated rings. The first kappa shape index (κ1) is 28.1. The molecule has 1 heterocycles. The van der Waals surface area contributed by atoms with Gasteiger partial charge >= 0.3 is 11.9 Å². The van der Waals surface area contributed by atoms with E-state index in [-0.39, 0.29) is 11.9 Å². The van der Waals surface area contributed by atoms with E-state index in [1.165, 1.54) is 12.1 Å². The first-order valence-electron chi connectivity index (χ1n) is 11.2. The number of nitrogens with two attached hydrogens (primary N) is 1. The van der Waals surface area contributed by atoms with E-state index in [1.54, 1.807) is 19.2 Å². The molecule has 0 aliphatic heterocycles. The minimum atomic E-state index is -1.26. The Morgan fingerprint density at radius 3 is 2.36 bits per heavy atom. The second kappa shape index (κ2) is 14.3. The molecule has 0 aliphatic carbocycles. The summed E-state index contributed by atoms with van der Waals surface area (Å²) in [6.07, 6.45) is 3.04. The fourth-order valence-corrected chi connectivity index (χ4v) is 3.14. The van der Waals surface area contributed by atoms with Crippen LogP contribution in [0.3, 0.4) is 0 Å². The minimum Gasteiger partial charge on any atom is -0.497 e. The zero-order valence-corrected chi connectivity index (χ0v) is 20.1. The van der Waals surface area contributed by atoms with Gasteiger partial charge in [-0.05, 0) is 56.1 Å². The highest BCUT2D eigenvalue weighted by molar-refractivity contribution is 5.92. The Labute approximate surface area is 208 Å². The van der Waals surface area contributed by atoms with Crippen LogP contribution in [0.2, 0.25) is 0 Å². The summed E-state index contributed by atoms with van der Waals surface area (Å²) in [7, 11) is 1.65. The number of aromatic nitrogens is 1. The topological polar surface area (TPSA) is 144 Å². The molecule has 192 valence electrons. The lowest BCUT2D eigenvalue weighted by molar-refractivity contribution is -0.134. The summed E-state index contributed by atoms with van der Waals surface area (Å²) in [4.78, 5) is 23.8. The summed E-state index contributed by atoms with van der Waals surface area (Å²) in [6.45, 7) is 3.12. The van der Waals surface area contributed by atoms with Crippen LogP contribution < -0.4 is 20.5 Å². The van der Waals surface area contributed by atoms with E-state index in [1.807, 2.05) is 24.3 Å². The van der Waals surface area contributed by atoms with Crippen LogP contribution in [0.5, 0.6) is 11.6 Å². The number of fused-ring (bicyclic) bond motifs is 1. The third kappa shape index (κ3) is 9.59. The number of hydrogen-bond acceptors (Lipinski definition) is 7. The number of nitrogens with zero attached hydrogens (tertiary/aromatic N) is 1. The molecule has 10 heteroatoms. The molecule has 3 rings (SSSR count). The summed E-state index contributed by atoms with van der Waals surface area (Å²) >= 11 is 0. The lowest BCUT2D eigenvalue weighted by Gasteiger charge is -2.17. The molecule has 9 nitrogen and oxygen atoms in total. The third-order valence-corrected chi connectivity index (χ3v) is 4.89. The number of benzene rings is 2. The highest BCUT2D eigenvalue weighted by Crippen LogP contribution is 2.30. The van der Waals surface area contributed by atoms with E-state index in [0.29, 0.717) is 31.2 Å². The number of methoxy groups -OCH3 is 1. The maximum Gasteiger partial charge on any atom is 0.328 e. The number of halogens is 1. The zero-order valence-electron chi connectivity index (χ0n) is 20.1. The zero-order chi connectivity index (χ0) is 26.5. The van der Waals surface area contributed by atoms with Crippen molar-refractivity contribution < 1.29 is 33.7 Å². The van der Waals surface area contributed by atoms with Gasteiger partial charge in [0.05, 0.1) is 18.3 Å². The number of carbonyl (C=O) groups is 2. The van der Waals surface area contributed by atoms with E-state index >= 15 is 0 Å². The molecule has 1 atom stereocenters. The van der Waals surface area contributed by atoms with Gasteiger partial charge in [-0.25, -0.2) is 19.0 Å². The summed E-state index contributed by atoms with van der Waals surface area (Å²) in [5, 5.41) is 20.1. The quantitative estimate of drug-likeness (QED) is 0.285. The normalized spacial score (nSPS) is 11.4. The van der Waals surface area contributed by atoms with Crippen LogP contribution in [0.1, 0.15) is 25.3 Å². The molecule has 0 radical (unpaired) electrons. The molecule has 0 saturated carbocycles. The Kier molecular flexibility index (Phi) is 11.1. The number of carboxylic acid groups (broad SMARTS) is 2. The predicted octanol–water partition coefficient (Wildman–Crippen LogP) is 4.21. The van der Waals surface area contributed by atoms with Crippen LogP contribution in [0.4, 0.5) is 10.1 Å². The maximum atomic E-state index is 13.0. The van der Waals surface area contributed by atoms with Crippen LogP contribution in [0.15, 0.2) is 60.7 Å². The van der Waals surface area contributed by atoms with Gasteiger partial charge in [0.1, 0.15) is 18.2 Å². The summed E-state index contributed by atoms with van der Waals surface area (Å²) < 4.78 is 24.3. The minimum absolute atomic E-state index is 0.254. The Morgan fingerprint density at radius 1 is 1.11 bits per heavy atom. The van der Waals surface area contributed by atoms with Gasteiger partial charge in [-0.15, -0.1) is 0 Å². The standard InChI is InChI=1S/C22H26FN3O2.C4H4O4/c1-15(4-3-11-24)25-20-13-19(27-2)12-17-7-10-21(26-22(17)20)28-14-16-5-8-18(23)9-6-16;5-3(6)1-2-4(7)8/h5-10,12-13,15,25H,3-4,11,14,24H2,1-2H3;1-2H,(H,5,6)(H,7,8)/b;2-1-. The second-order valence-electron chi connectivity index (χ2n) is 7.80. The van der Waals surface area contributed by atoms with Gasteiger partial charge < -0.3 is 30.7 Å². The smallest absolute Gasteiger partial charge is 0.328 e. The highest BCUT2D eigenvalue weighted by atomic mass is 19.1. The fraction of sp³-hybridized carbons (Fsp3) is 0.269. The summed E-state index contributed by atoms with van der Waals surface area (Å²) in [6, 6.07) is 14.2. The average Bonchev–Trinajstić information content (AvgIpc) is 2.86. The molecule has 2 aromatic carbocycles. The number of carboxylic acids is 2. The lowest BCUT2D eigenvalue weighted by Crippen LogP contribution is -2.17. The number of hydrogen-bond donors (Lipinski definition) is 4. The van der Waals surface area contributed by atoms with Crippen molar-refractivity contribution in [1.82, 2.24) is 4.98 Å². The number of pyridine rings is 1. The van der Waals surface area contributed by atoms with Crippen LogP contribution in [0, 0.1) is 5.82 Å². The molecule has 1 unspecified atom stereocenters. The fourth-order valence-electron chi connectivity index (χ4n) is 3.14. The predicted molar refractivity (Wildman–Crippen MR) is 135 cm³/mol. The summed E-state index contributed by atoms with van der Waals surface area (Å²) in [5.41, 5.74) is 8.21. The van der Waals surface area contributed by atoms with Crippen LogP contribution in [-0.4, -0.2) is 46.8 Å². The largest absolute Gasteiger partial charge is 0.497 e. The van der Waals surface area contributed by atoms with Gasteiger partial charge in [-0.2, -0.15) is 0 Å². The monoisotopic (exact) mass is 499 g/mol. The molecule has 36 heavy (non-hydrogen) atoms. The van der Waals surface area contributed by atoms with Crippen molar-refractivity contribution in [1.29, 1.82) is 0 Å². The molecule has 3 aromatic rings. The van der Waals surface area contributed by atoms with Gasteiger partial charge in [-0.1, -0.05) is 12.1 Å². The number of rotatable bonds is 11. The molecular weight excluding hydrogens is 469 g/mol. The molecule has 0 amide bonds. The first-order chi connectivity index (χ1) is 17.2. The van der Waals surface area contributed by atoms with Crippen molar-refractivity contribution in [2.75, 3.05) is 19.0 Å². The van der Waals surface area contributed by atoms with Crippen molar-refractivity contribution in [3.63, 3.8) is 0 Å². The number of ether oxygens (including phenoxy) is 2. The van der Waals surface area contributed by atoms with Gasteiger partial charge in [0, 0.05) is 35.7 Å². The van der Waals surface area contributed by atoms with Crippen molar-refractivity contribution in [2.45, 2.75) is 32.4 Å². The van der Waals surface area contributed by atoms with Crippen molar-refractivity contribution in [2.24, 2.45) is 5.73 Å². The third-order valence-electron chi connectivity index (χ3n) is 4.89. The molecule has 1 aromatic heterocycles. The second-order valence-corrected chi connectivity index (χ2v) is 7.80. The van der Waals surface area contributed by atoms with Crippen molar-refractivity contribution in [3.05, 3.63) is 72.1 Å². The summed E-state index contributed by atoms with van der Waals surface area (Å²) in [5.74, 6) is -1.50. The van der Waals surface area contributed by atoms with Gasteiger partial charge in [-0.3, -0.25) is 0 Å².